The van der Waals surface area contributed by atoms with Gasteiger partial charge in [0.2, 0.25) is 0 Å². The number of hydrogen-bond donors (Lipinski definition) is 0. The summed E-state index contributed by atoms with van der Waals surface area (Å²) in [5.74, 6) is 0. The predicted octanol–water partition coefficient (Wildman–Crippen LogP) is -0.416. The number of rotatable bonds is 6. The summed E-state index contributed by atoms with van der Waals surface area (Å²) >= 11 is 0. The molecule has 0 aromatic carbocycles. The van der Waals surface area contributed by atoms with Crippen molar-refractivity contribution in [3.8, 4) is 0 Å². The molecule has 0 aliphatic rings. The first kappa shape index (κ1) is 15.9. The average molecular weight is 208 g/mol. The van der Waals surface area contributed by atoms with Crippen molar-refractivity contribution in [2.75, 3.05) is 13.1 Å². The van der Waals surface area contributed by atoms with Gasteiger partial charge in [0.05, 0.1) is 0 Å². The SMILES string of the molecule is CCCCCOC[B-](F)(F)F.[K+]. The van der Waals surface area contributed by atoms with E-state index in [1.165, 1.54) is 0 Å². The number of hydrogen-bond acceptors (Lipinski definition) is 1. The van der Waals surface area contributed by atoms with Gasteiger partial charge in [0, 0.05) is 13.1 Å². The second-order valence-electron chi connectivity index (χ2n) is 2.49. The molecule has 0 spiro atoms. The van der Waals surface area contributed by atoms with E-state index < -0.39 is 13.5 Å². The number of halogens is 3. The molecule has 68 valence electrons. The summed E-state index contributed by atoms with van der Waals surface area (Å²) in [4.78, 5) is 0. The molecule has 0 aliphatic carbocycles. The molecule has 0 radical (unpaired) electrons. The molecule has 0 bridgehead atoms. The van der Waals surface area contributed by atoms with Crippen LogP contribution in [-0.2, 0) is 4.74 Å². The van der Waals surface area contributed by atoms with Crippen LogP contribution in [0, 0.1) is 0 Å². The molecule has 0 aromatic rings. The molecular weight excluding hydrogens is 195 g/mol. The Balaban J connectivity index is 0. The van der Waals surface area contributed by atoms with Gasteiger partial charge in [0.25, 0.3) is 0 Å². The van der Waals surface area contributed by atoms with Crippen molar-refractivity contribution < 1.29 is 69.1 Å². The predicted molar refractivity (Wildman–Crippen MR) is 39.4 cm³/mol. The summed E-state index contributed by atoms with van der Waals surface area (Å²) in [6.07, 6.45) is 2.66. The van der Waals surface area contributed by atoms with Crippen molar-refractivity contribution in [2.24, 2.45) is 0 Å². The van der Waals surface area contributed by atoms with E-state index in [1.807, 2.05) is 6.92 Å². The molecule has 0 rings (SSSR count). The Morgan fingerprint density at radius 1 is 1.17 bits per heavy atom. The van der Waals surface area contributed by atoms with E-state index in [0.29, 0.717) is 0 Å². The first-order valence-corrected chi connectivity index (χ1v) is 3.85. The third-order valence-corrected chi connectivity index (χ3v) is 1.20. The molecule has 0 amide bonds. The Morgan fingerprint density at radius 3 is 2.17 bits per heavy atom. The molecule has 0 fully saturated rings. The number of ether oxygens (including phenoxy) is 1. The average Bonchev–Trinajstić information content (AvgIpc) is 1.85. The zero-order valence-corrected chi connectivity index (χ0v) is 10.8. The third-order valence-electron chi connectivity index (χ3n) is 1.20. The van der Waals surface area contributed by atoms with Crippen molar-refractivity contribution >= 4 is 6.98 Å². The van der Waals surface area contributed by atoms with Crippen LogP contribution in [0.4, 0.5) is 12.9 Å². The van der Waals surface area contributed by atoms with E-state index >= 15 is 0 Å². The molecule has 6 heteroatoms. The van der Waals surface area contributed by atoms with Crippen LogP contribution in [0.3, 0.4) is 0 Å². The maximum Gasteiger partial charge on any atom is 1.00 e. The topological polar surface area (TPSA) is 9.23 Å². The van der Waals surface area contributed by atoms with Crippen molar-refractivity contribution in [3.05, 3.63) is 0 Å². The largest absolute Gasteiger partial charge is 1.00 e. The molecule has 0 saturated heterocycles. The summed E-state index contributed by atoms with van der Waals surface area (Å²) in [5.41, 5.74) is 0. The molecule has 0 aliphatic heterocycles. The van der Waals surface area contributed by atoms with Crippen LogP contribution in [0.25, 0.3) is 0 Å². The first-order valence-electron chi connectivity index (χ1n) is 3.85. The van der Waals surface area contributed by atoms with Crippen molar-refractivity contribution in [1.82, 2.24) is 0 Å². The van der Waals surface area contributed by atoms with Gasteiger partial charge in [-0.3, -0.25) is 0 Å². The Morgan fingerprint density at radius 2 is 1.75 bits per heavy atom. The van der Waals surface area contributed by atoms with Crippen molar-refractivity contribution in [1.29, 1.82) is 0 Å². The first-order chi connectivity index (χ1) is 5.06. The van der Waals surface area contributed by atoms with Gasteiger partial charge in [-0.15, -0.1) is 0 Å². The number of unbranched alkanes of at least 4 members (excludes halogenated alkanes) is 2. The molecule has 0 atom stereocenters. The minimum Gasteiger partial charge on any atom is -0.447 e. The van der Waals surface area contributed by atoms with Crippen LogP contribution >= 0.6 is 0 Å². The zero-order chi connectivity index (χ0) is 8.74. The molecule has 0 N–H and O–H groups in total. The molecule has 12 heavy (non-hydrogen) atoms. The normalized spacial score (nSPS) is 11.0. The van der Waals surface area contributed by atoms with E-state index in [9.17, 15) is 12.9 Å². The zero-order valence-electron chi connectivity index (χ0n) is 7.66. The standard InChI is InChI=1S/C6H13BF3O.K/c1-2-3-4-5-11-6-7(8,9)10;/h2-6H2,1H3;/q-1;+1. The van der Waals surface area contributed by atoms with Gasteiger partial charge in [-0.05, 0) is 6.42 Å². The quantitative estimate of drug-likeness (QED) is 0.425. The van der Waals surface area contributed by atoms with Crippen molar-refractivity contribution in [3.63, 3.8) is 0 Å². The summed E-state index contributed by atoms with van der Waals surface area (Å²) in [6.45, 7) is -3.57. The van der Waals surface area contributed by atoms with Gasteiger partial charge in [0.1, 0.15) is 0 Å². The smallest absolute Gasteiger partial charge is 0.447 e. The fraction of sp³-hybridized carbons (Fsp3) is 1.00. The second-order valence-corrected chi connectivity index (χ2v) is 2.49. The second kappa shape index (κ2) is 9.02. The van der Waals surface area contributed by atoms with E-state index in [2.05, 4.69) is 4.74 Å². The summed E-state index contributed by atoms with van der Waals surface area (Å²) in [5, 5.41) is 0. The van der Waals surface area contributed by atoms with Gasteiger partial charge < -0.3 is 17.7 Å². The van der Waals surface area contributed by atoms with Crippen LogP contribution < -0.4 is 51.4 Å². The third kappa shape index (κ3) is 14.0. The van der Waals surface area contributed by atoms with Crippen molar-refractivity contribution in [2.45, 2.75) is 26.2 Å². The minimum absolute atomic E-state index is 0. The Bertz CT molecular complexity index is 99.3. The monoisotopic (exact) mass is 208 g/mol. The Labute approximate surface area is 114 Å². The van der Waals surface area contributed by atoms with Crippen LogP contribution in [-0.4, -0.2) is 20.1 Å². The van der Waals surface area contributed by atoms with E-state index in [4.69, 9.17) is 0 Å². The van der Waals surface area contributed by atoms with Gasteiger partial charge in [-0.25, -0.2) is 0 Å². The van der Waals surface area contributed by atoms with Gasteiger partial charge in [-0.2, -0.15) is 0 Å². The summed E-state index contributed by atoms with van der Waals surface area (Å²) in [6, 6.07) is 0. The maximum atomic E-state index is 11.5. The molecular formula is C6H13BF3KO. The van der Waals surface area contributed by atoms with Gasteiger partial charge in [0.15, 0.2) is 0 Å². The maximum absolute atomic E-state index is 11.5. The van der Waals surface area contributed by atoms with Gasteiger partial charge >= 0.3 is 58.4 Å². The Kier molecular flexibility index (Phi) is 12.0. The molecule has 1 nitrogen and oxygen atoms in total. The molecule has 0 heterocycles. The Hall–Kier alpha value is 1.45. The molecule has 0 aromatic heterocycles. The molecule has 0 unspecified atom stereocenters. The van der Waals surface area contributed by atoms with E-state index in [-0.39, 0.29) is 58.0 Å². The van der Waals surface area contributed by atoms with E-state index in [0.717, 1.165) is 19.3 Å². The van der Waals surface area contributed by atoms with E-state index in [1.54, 1.807) is 0 Å². The fourth-order valence-electron chi connectivity index (χ4n) is 0.671. The minimum atomic E-state index is -4.74. The van der Waals surface area contributed by atoms with Gasteiger partial charge in [-0.1, -0.05) is 19.8 Å². The van der Waals surface area contributed by atoms with Crippen LogP contribution in [0.15, 0.2) is 0 Å². The summed E-state index contributed by atoms with van der Waals surface area (Å²) < 4.78 is 38.9. The van der Waals surface area contributed by atoms with Crippen LogP contribution in [0.5, 0.6) is 0 Å². The van der Waals surface area contributed by atoms with Crippen LogP contribution in [0.1, 0.15) is 26.2 Å². The summed E-state index contributed by atoms with van der Waals surface area (Å²) in [7, 11) is 0. The molecule has 0 saturated carbocycles. The van der Waals surface area contributed by atoms with Crippen LogP contribution in [0.2, 0.25) is 0 Å². The fourth-order valence-corrected chi connectivity index (χ4v) is 0.671.